The van der Waals surface area contributed by atoms with E-state index in [0.29, 0.717) is 6.04 Å². The highest BCUT2D eigenvalue weighted by Gasteiger charge is 2.16. The highest BCUT2D eigenvalue weighted by Crippen LogP contribution is 2.30. The topological polar surface area (TPSA) is 41.0 Å². The minimum absolute atomic E-state index is 0.365. The van der Waals surface area contributed by atoms with E-state index in [1.165, 1.54) is 4.88 Å². The lowest BCUT2D eigenvalue weighted by Crippen LogP contribution is -2.17. The normalized spacial score (nSPS) is 12.6. The fraction of sp³-hybridized carbons (Fsp3) is 0.538. The Balaban J connectivity index is 2.10. The molecule has 0 saturated carbocycles. The van der Waals surface area contributed by atoms with Crippen LogP contribution in [-0.2, 0) is 6.54 Å². The van der Waals surface area contributed by atoms with Gasteiger partial charge in [-0.3, -0.25) is 0 Å². The number of hydrogen-bond acceptors (Lipinski definition) is 6. The lowest BCUT2D eigenvalue weighted by Gasteiger charge is -2.14. The van der Waals surface area contributed by atoms with Crippen LogP contribution < -0.4 is 10.2 Å². The molecule has 1 unspecified atom stereocenters. The zero-order valence-electron chi connectivity index (χ0n) is 11.8. The molecule has 4 nitrogen and oxygen atoms in total. The average Bonchev–Trinajstić information content (AvgIpc) is 2.98. The van der Waals surface area contributed by atoms with E-state index in [-0.39, 0.29) is 0 Å². The van der Waals surface area contributed by atoms with Crippen LogP contribution in [0.4, 0.5) is 5.13 Å². The van der Waals surface area contributed by atoms with Gasteiger partial charge in [-0.15, -0.1) is 22.7 Å². The molecule has 104 valence electrons. The van der Waals surface area contributed by atoms with Crippen LogP contribution in [0.1, 0.15) is 36.2 Å². The van der Waals surface area contributed by atoms with E-state index in [0.717, 1.165) is 29.6 Å². The monoisotopic (exact) mass is 296 g/mol. The van der Waals surface area contributed by atoms with Gasteiger partial charge < -0.3 is 10.2 Å². The highest BCUT2D eigenvalue weighted by atomic mass is 32.1. The minimum Gasteiger partial charge on any atom is -0.345 e. The van der Waals surface area contributed by atoms with Crippen molar-refractivity contribution in [2.45, 2.75) is 33.4 Å². The van der Waals surface area contributed by atoms with E-state index in [9.17, 15) is 0 Å². The molecule has 0 amide bonds. The van der Waals surface area contributed by atoms with Crippen LogP contribution in [0.5, 0.6) is 0 Å². The van der Waals surface area contributed by atoms with Crippen LogP contribution >= 0.6 is 22.7 Å². The van der Waals surface area contributed by atoms with Gasteiger partial charge in [0, 0.05) is 23.3 Å². The molecule has 2 aromatic heterocycles. The van der Waals surface area contributed by atoms with Gasteiger partial charge in [-0.2, -0.15) is 0 Å². The van der Waals surface area contributed by atoms with Crippen molar-refractivity contribution >= 4 is 27.8 Å². The fourth-order valence-corrected chi connectivity index (χ4v) is 3.59. The number of aromatic nitrogens is 2. The van der Waals surface area contributed by atoms with Crippen LogP contribution in [0.2, 0.25) is 0 Å². The molecular formula is C13H20N4S2. The molecular weight excluding hydrogens is 276 g/mol. The summed E-state index contributed by atoms with van der Waals surface area (Å²) in [5.41, 5.74) is 4.09. The molecule has 6 heteroatoms. The van der Waals surface area contributed by atoms with Crippen LogP contribution in [0.25, 0.3) is 0 Å². The van der Waals surface area contributed by atoms with Crippen molar-refractivity contribution in [3.8, 4) is 0 Å². The Labute approximate surface area is 122 Å². The summed E-state index contributed by atoms with van der Waals surface area (Å²) in [7, 11) is 2.07. The summed E-state index contributed by atoms with van der Waals surface area (Å²) >= 11 is 3.40. The summed E-state index contributed by atoms with van der Waals surface area (Å²) in [5.74, 6) is 0. The van der Waals surface area contributed by atoms with Crippen molar-refractivity contribution < 1.29 is 0 Å². The summed E-state index contributed by atoms with van der Waals surface area (Å²) in [6.45, 7) is 8.18. The minimum atomic E-state index is 0.365. The molecule has 0 aromatic carbocycles. The molecule has 0 aliphatic carbocycles. The number of anilines is 1. The maximum Gasteiger partial charge on any atom is 0.185 e. The first-order valence-corrected chi connectivity index (χ1v) is 8.16. The van der Waals surface area contributed by atoms with Gasteiger partial charge in [0.25, 0.3) is 0 Å². The van der Waals surface area contributed by atoms with E-state index in [4.69, 9.17) is 0 Å². The fourth-order valence-electron chi connectivity index (χ4n) is 1.98. The first-order chi connectivity index (χ1) is 9.11. The van der Waals surface area contributed by atoms with Crippen molar-refractivity contribution in [3.63, 3.8) is 0 Å². The van der Waals surface area contributed by atoms with Gasteiger partial charge in [-0.1, -0.05) is 6.92 Å². The van der Waals surface area contributed by atoms with Crippen LogP contribution in [0.15, 0.2) is 10.9 Å². The Hall–Kier alpha value is -0.980. The zero-order chi connectivity index (χ0) is 13.8. The van der Waals surface area contributed by atoms with Crippen molar-refractivity contribution in [2.75, 3.05) is 18.5 Å². The molecule has 0 fully saturated rings. The first-order valence-electron chi connectivity index (χ1n) is 6.40. The molecule has 2 aromatic rings. The Morgan fingerprint density at radius 3 is 2.89 bits per heavy atom. The Morgan fingerprint density at radius 2 is 2.26 bits per heavy atom. The second-order valence-corrected chi connectivity index (χ2v) is 6.29. The van der Waals surface area contributed by atoms with E-state index in [1.807, 2.05) is 5.51 Å². The van der Waals surface area contributed by atoms with Gasteiger partial charge in [0.2, 0.25) is 0 Å². The highest BCUT2D eigenvalue weighted by molar-refractivity contribution is 7.15. The lowest BCUT2D eigenvalue weighted by atomic mass is 10.2. The molecule has 0 saturated heterocycles. The predicted molar refractivity (Wildman–Crippen MR) is 83.2 cm³/mol. The quantitative estimate of drug-likeness (QED) is 0.888. The molecule has 2 rings (SSSR count). The standard InChI is InChI=1S/C13H20N4S2/c1-5-14-9(2)12-10(3)16-13(19-12)17(4)6-11-7-18-8-15-11/h7-9,14H,5-6H2,1-4H3. The van der Waals surface area contributed by atoms with Gasteiger partial charge in [0.05, 0.1) is 23.4 Å². The largest absolute Gasteiger partial charge is 0.345 e. The molecule has 1 atom stereocenters. The van der Waals surface area contributed by atoms with E-state index < -0.39 is 0 Å². The molecule has 0 spiro atoms. The molecule has 19 heavy (non-hydrogen) atoms. The van der Waals surface area contributed by atoms with Gasteiger partial charge in [0.15, 0.2) is 5.13 Å². The van der Waals surface area contributed by atoms with Crippen LogP contribution in [0.3, 0.4) is 0 Å². The van der Waals surface area contributed by atoms with Crippen LogP contribution in [0, 0.1) is 6.92 Å². The van der Waals surface area contributed by atoms with E-state index in [1.54, 1.807) is 22.7 Å². The second-order valence-electron chi connectivity index (χ2n) is 4.56. The molecule has 0 radical (unpaired) electrons. The third kappa shape index (κ3) is 3.52. The number of thiazole rings is 2. The molecule has 0 aliphatic rings. The molecule has 1 N–H and O–H groups in total. The van der Waals surface area contributed by atoms with Gasteiger partial charge >= 0.3 is 0 Å². The number of nitrogens with one attached hydrogen (secondary N) is 1. The average molecular weight is 296 g/mol. The smallest absolute Gasteiger partial charge is 0.185 e. The summed E-state index contributed by atoms with van der Waals surface area (Å²) in [5, 5.41) is 6.58. The first kappa shape index (κ1) is 14.4. The second kappa shape index (κ2) is 6.45. The van der Waals surface area contributed by atoms with E-state index in [2.05, 4.69) is 53.4 Å². The predicted octanol–water partition coefficient (Wildman–Crippen LogP) is 3.21. The van der Waals surface area contributed by atoms with Crippen molar-refractivity contribution in [1.29, 1.82) is 0 Å². The van der Waals surface area contributed by atoms with Crippen molar-refractivity contribution in [1.82, 2.24) is 15.3 Å². The molecule has 0 bridgehead atoms. The lowest BCUT2D eigenvalue weighted by molar-refractivity contribution is 0.603. The molecule has 0 aliphatic heterocycles. The maximum absolute atomic E-state index is 4.67. The summed E-state index contributed by atoms with van der Waals surface area (Å²) in [4.78, 5) is 12.5. The van der Waals surface area contributed by atoms with Gasteiger partial charge in [-0.25, -0.2) is 9.97 Å². The Morgan fingerprint density at radius 1 is 1.47 bits per heavy atom. The summed E-state index contributed by atoms with van der Waals surface area (Å²) in [6.07, 6.45) is 0. The third-order valence-corrected chi connectivity index (χ3v) is 5.02. The Kier molecular flexibility index (Phi) is 4.90. The number of hydrogen-bond donors (Lipinski definition) is 1. The zero-order valence-corrected chi connectivity index (χ0v) is 13.4. The maximum atomic E-state index is 4.67. The number of rotatable bonds is 6. The summed E-state index contributed by atoms with van der Waals surface area (Å²) in [6, 6.07) is 0.365. The Bertz CT molecular complexity index is 507. The van der Waals surface area contributed by atoms with Gasteiger partial charge in [0.1, 0.15) is 0 Å². The summed E-state index contributed by atoms with van der Waals surface area (Å²) < 4.78 is 0. The van der Waals surface area contributed by atoms with E-state index >= 15 is 0 Å². The van der Waals surface area contributed by atoms with Gasteiger partial charge in [-0.05, 0) is 20.4 Å². The number of aryl methyl sites for hydroxylation is 1. The number of nitrogens with zero attached hydrogens (tertiary/aromatic N) is 3. The SMILES string of the molecule is CCNC(C)c1sc(N(C)Cc2cscn2)nc1C. The van der Waals surface area contributed by atoms with Crippen LogP contribution in [-0.4, -0.2) is 23.6 Å². The van der Waals surface area contributed by atoms with Crippen molar-refractivity contribution in [2.24, 2.45) is 0 Å². The molecule has 2 heterocycles. The van der Waals surface area contributed by atoms with Crippen molar-refractivity contribution in [3.05, 3.63) is 27.2 Å². The third-order valence-electron chi connectivity index (χ3n) is 2.93.